The molecular weight excluding hydrogens is 280 g/mol. The fourth-order valence-corrected chi connectivity index (χ4v) is 3.02. The third kappa shape index (κ3) is 3.23. The van der Waals surface area contributed by atoms with Crippen LogP contribution in [0.15, 0.2) is 66.3 Å². The Balaban J connectivity index is 1.63. The van der Waals surface area contributed by atoms with Gasteiger partial charge in [0.05, 0.1) is 5.69 Å². The van der Waals surface area contributed by atoms with Crippen LogP contribution in [0.25, 0.3) is 5.69 Å². The molecule has 0 aliphatic carbocycles. The summed E-state index contributed by atoms with van der Waals surface area (Å²) in [5.41, 5.74) is 2.16. The number of thiophene rings is 1. The molecule has 3 aromatic rings. The summed E-state index contributed by atoms with van der Waals surface area (Å²) in [6, 6.07) is 16.0. The maximum absolute atomic E-state index is 12.3. The zero-order chi connectivity index (χ0) is 14.5. The lowest BCUT2D eigenvalue weighted by atomic mass is 10.1. The number of rotatable bonds is 5. The lowest BCUT2D eigenvalue weighted by molar-refractivity contribution is 0.0958. The number of aromatic nitrogens is 1. The fourth-order valence-electron chi connectivity index (χ4n) is 2.22. The molecule has 2 heterocycles. The molecule has 0 saturated heterocycles. The Hall–Kier alpha value is -2.33. The Labute approximate surface area is 127 Å². The van der Waals surface area contributed by atoms with E-state index in [1.165, 1.54) is 16.9 Å². The zero-order valence-electron chi connectivity index (χ0n) is 11.5. The van der Waals surface area contributed by atoms with Crippen LogP contribution in [0, 0.1) is 0 Å². The van der Waals surface area contributed by atoms with Crippen molar-refractivity contribution in [2.45, 2.75) is 6.42 Å². The smallest absolute Gasteiger partial charge is 0.263 e. The Morgan fingerprint density at radius 2 is 1.81 bits per heavy atom. The standard InChI is InChI=1S/C17H16N2OS/c20-17(18-10-8-14-6-2-1-3-7-14)16-15(9-13-21-16)19-11-4-5-12-19/h1-7,9,11-13H,8,10H2,(H,18,20). The van der Waals surface area contributed by atoms with Gasteiger partial charge in [0.1, 0.15) is 4.88 Å². The summed E-state index contributed by atoms with van der Waals surface area (Å²) in [7, 11) is 0. The quantitative estimate of drug-likeness (QED) is 0.768. The highest BCUT2D eigenvalue weighted by Crippen LogP contribution is 2.21. The molecule has 0 radical (unpaired) electrons. The van der Waals surface area contributed by atoms with Crippen molar-refractivity contribution in [1.82, 2.24) is 9.88 Å². The maximum atomic E-state index is 12.3. The summed E-state index contributed by atoms with van der Waals surface area (Å²) in [6.07, 6.45) is 4.74. The number of benzene rings is 1. The van der Waals surface area contributed by atoms with Gasteiger partial charge in [0.25, 0.3) is 5.91 Å². The van der Waals surface area contributed by atoms with E-state index in [0.717, 1.165) is 17.0 Å². The average molecular weight is 296 g/mol. The van der Waals surface area contributed by atoms with Crippen LogP contribution in [-0.2, 0) is 6.42 Å². The normalized spacial score (nSPS) is 10.5. The molecule has 3 rings (SSSR count). The minimum Gasteiger partial charge on any atom is -0.351 e. The van der Waals surface area contributed by atoms with E-state index in [1.54, 1.807) is 0 Å². The van der Waals surface area contributed by atoms with Crippen LogP contribution in [0.2, 0.25) is 0 Å². The van der Waals surface area contributed by atoms with E-state index in [0.29, 0.717) is 6.54 Å². The fraction of sp³-hybridized carbons (Fsp3) is 0.118. The van der Waals surface area contributed by atoms with Gasteiger partial charge >= 0.3 is 0 Å². The first kappa shape index (κ1) is 13.6. The van der Waals surface area contributed by atoms with Gasteiger partial charge in [0, 0.05) is 18.9 Å². The highest BCUT2D eigenvalue weighted by atomic mass is 32.1. The van der Waals surface area contributed by atoms with Crippen LogP contribution in [-0.4, -0.2) is 17.0 Å². The highest BCUT2D eigenvalue weighted by Gasteiger charge is 2.13. The van der Waals surface area contributed by atoms with E-state index in [-0.39, 0.29) is 5.91 Å². The van der Waals surface area contributed by atoms with Gasteiger partial charge in [-0.3, -0.25) is 4.79 Å². The number of amides is 1. The number of nitrogens with zero attached hydrogens (tertiary/aromatic N) is 1. The van der Waals surface area contributed by atoms with Crippen molar-refractivity contribution in [2.75, 3.05) is 6.54 Å². The molecule has 1 aromatic carbocycles. The van der Waals surface area contributed by atoms with Gasteiger partial charge in [-0.05, 0) is 35.6 Å². The predicted molar refractivity (Wildman–Crippen MR) is 86.1 cm³/mol. The highest BCUT2D eigenvalue weighted by molar-refractivity contribution is 7.12. The van der Waals surface area contributed by atoms with Crippen LogP contribution in [0.1, 0.15) is 15.2 Å². The zero-order valence-corrected chi connectivity index (χ0v) is 12.3. The maximum Gasteiger partial charge on any atom is 0.263 e. The average Bonchev–Trinajstić information content (AvgIpc) is 3.19. The number of carbonyl (C=O) groups excluding carboxylic acids is 1. The first-order chi connectivity index (χ1) is 10.3. The van der Waals surface area contributed by atoms with Gasteiger partial charge in [-0.25, -0.2) is 0 Å². The Morgan fingerprint density at radius 1 is 1.05 bits per heavy atom. The second-order valence-electron chi connectivity index (χ2n) is 4.72. The van der Waals surface area contributed by atoms with E-state index >= 15 is 0 Å². The second kappa shape index (κ2) is 6.41. The minimum absolute atomic E-state index is 0.00960. The first-order valence-corrected chi connectivity index (χ1v) is 7.75. The molecule has 21 heavy (non-hydrogen) atoms. The third-order valence-corrected chi connectivity index (χ3v) is 4.18. The number of hydrogen-bond acceptors (Lipinski definition) is 2. The molecule has 106 valence electrons. The van der Waals surface area contributed by atoms with Crippen LogP contribution < -0.4 is 5.32 Å². The molecule has 4 heteroatoms. The Kier molecular flexibility index (Phi) is 4.17. The lowest BCUT2D eigenvalue weighted by Crippen LogP contribution is -2.25. The molecule has 0 spiro atoms. The molecule has 0 unspecified atom stereocenters. The summed E-state index contributed by atoms with van der Waals surface area (Å²) in [5, 5.41) is 4.94. The number of carbonyl (C=O) groups is 1. The van der Waals surface area contributed by atoms with Gasteiger partial charge in [0.15, 0.2) is 0 Å². The summed E-state index contributed by atoms with van der Waals surface area (Å²) in [6.45, 7) is 0.645. The van der Waals surface area contributed by atoms with Gasteiger partial charge in [0.2, 0.25) is 0 Å². The topological polar surface area (TPSA) is 34.0 Å². The Bertz CT molecular complexity index is 701. The molecule has 0 fully saturated rings. The molecule has 3 nitrogen and oxygen atoms in total. The van der Waals surface area contributed by atoms with E-state index in [4.69, 9.17) is 0 Å². The lowest BCUT2D eigenvalue weighted by Gasteiger charge is -2.07. The molecule has 0 saturated carbocycles. The minimum atomic E-state index is -0.00960. The third-order valence-electron chi connectivity index (χ3n) is 3.28. The summed E-state index contributed by atoms with van der Waals surface area (Å²) in [5.74, 6) is -0.00960. The van der Waals surface area contributed by atoms with Gasteiger partial charge < -0.3 is 9.88 Å². The van der Waals surface area contributed by atoms with Crippen molar-refractivity contribution >= 4 is 17.2 Å². The van der Waals surface area contributed by atoms with Crippen LogP contribution in [0.4, 0.5) is 0 Å². The van der Waals surface area contributed by atoms with Crippen molar-refractivity contribution in [2.24, 2.45) is 0 Å². The summed E-state index contributed by atoms with van der Waals surface area (Å²) in [4.78, 5) is 13.0. The molecule has 1 N–H and O–H groups in total. The van der Waals surface area contributed by atoms with Crippen LogP contribution >= 0.6 is 11.3 Å². The van der Waals surface area contributed by atoms with E-state index in [2.05, 4.69) is 17.4 Å². The monoisotopic (exact) mass is 296 g/mol. The van der Waals surface area contributed by atoms with Crippen LogP contribution in [0.3, 0.4) is 0 Å². The van der Waals surface area contributed by atoms with Crippen molar-refractivity contribution in [3.8, 4) is 5.69 Å². The number of nitrogens with one attached hydrogen (secondary N) is 1. The number of hydrogen-bond donors (Lipinski definition) is 1. The summed E-state index contributed by atoms with van der Waals surface area (Å²) >= 11 is 1.47. The molecular formula is C17H16N2OS. The van der Waals surface area contributed by atoms with Crippen molar-refractivity contribution in [1.29, 1.82) is 0 Å². The molecule has 2 aromatic heterocycles. The summed E-state index contributed by atoms with van der Waals surface area (Å²) < 4.78 is 1.96. The molecule has 0 aliphatic heterocycles. The van der Waals surface area contributed by atoms with Gasteiger partial charge in [-0.15, -0.1) is 11.3 Å². The van der Waals surface area contributed by atoms with Gasteiger partial charge in [-0.1, -0.05) is 30.3 Å². The Morgan fingerprint density at radius 3 is 2.57 bits per heavy atom. The van der Waals surface area contributed by atoms with Crippen molar-refractivity contribution in [3.05, 3.63) is 76.7 Å². The van der Waals surface area contributed by atoms with E-state index in [9.17, 15) is 4.79 Å². The largest absolute Gasteiger partial charge is 0.351 e. The van der Waals surface area contributed by atoms with Gasteiger partial charge in [-0.2, -0.15) is 0 Å². The van der Waals surface area contributed by atoms with Crippen molar-refractivity contribution in [3.63, 3.8) is 0 Å². The predicted octanol–water partition coefficient (Wildman–Crippen LogP) is 3.51. The first-order valence-electron chi connectivity index (χ1n) is 6.87. The molecule has 0 bridgehead atoms. The molecule has 0 atom stereocenters. The molecule has 0 aliphatic rings. The second-order valence-corrected chi connectivity index (χ2v) is 5.63. The van der Waals surface area contributed by atoms with E-state index < -0.39 is 0 Å². The van der Waals surface area contributed by atoms with E-state index in [1.807, 2.05) is 58.7 Å². The van der Waals surface area contributed by atoms with Crippen molar-refractivity contribution < 1.29 is 4.79 Å². The van der Waals surface area contributed by atoms with Crippen LogP contribution in [0.5, 0.6) is 0 Å². The molecule has 1 amide bonds. The SMILES string of the molecule is O=C(NCCc1ccccc1)c1sccc1-n1cccc1.